The molecular formula is C12H24N2O. The van der Waals surface area contributed by atoms with Crippen LogP contribution in [0.25, 0.3) is 0 Å². The van der Waals surface area contributed by atoms with Gasteiger partial charge in [-0.2, -0.15) is 0 Å². The molecule has 2 aliphatic rings. The van der Waals surface area contributed by atoms with Gasteiger partial charge in [-0.1, -0.05) is 0 Å². The van der Waals surface area contributed by atoms with Gasteiger partial charge < -0.3 is 10.4 Å². The summed E-state index contributed by atoms with van der Waals surface area (Å²) in [4.78, 5) is 2.67. The quantitative estimate of drug-likeness (QED) is 0.732. The summed E-state index contributed by atoms with van der Waals surface area (Å²) >= 11 is 0. The van der Waals surface area contributed by atoms with Crippen molar-refractivity contribution in [1.29, 1.82) is 0 Å². The first-order valence-electron chi connectivity index (χ1n) is 6.25. The smallest absolute Gasteiger partial charge is 0.0446 e. The summed E-state index contributed by atoms with van der Waals surface area (Å²) in [6, 6.07) is 1.32. The molecule has 0 spiro atoms. The molecule has 1 saturated heterocycles. The van der Waals surface area contributed by atoms with Gasteiger partial charge in [0, 0.05) is 30.8 Å². The van der Waals surface area contributed by atoms with E-state index in [-0.39, 0.29) is 0 Å². The SMILES string of the molecule is CC1(C)CCNCC(CCO)N1C1CC1. The lowest BCUT2D eigenvalue weighted by Gasteiger charge is -2.42. The molecule has 0 aromatic heterocycles. The number of aliphatic hydroxyl groups excluding tert-OH is 1. The van der Waals surface area contributed by atoms with Crippen LogP contribution in [-0.2, 0) is 0 Å². The summed E-state index contributed by atoms with van der Waals surface area (Å²) in [5, 5.41) is 12.6. The second-order valence-corrected chi connectivity index (χ2v) is 5.57. The zero-order valence-corrected chi connectivity index (χ0v) is 10.00. The van der Waals surface area contributed by atoms with Gasteiger partial charge in [-0.3, -0.25) is 4.90 Å². The molecule has 88 valence electrons. The Kier molecular flexibility index (Phi) is 3.33. The predicted octanol–water partition coefficient (Wildman–Crippen LogP) is 0.974. The molecular weight excluding hydrogens is 188 g/mol. The maximum absolute atomic E-state index is 9.15. The molecule has 2 N–H and O–H groups in total. The van der Waals surface area contributed by atoms with Gasteiger partial charge in [0.15, 0.2) is 0 Å². The van der Waals surface area contributed by atoms with Gasteiger partial charge in [-0.25, -0.2) is 0 Å². The van der Waals surface area contributed by atoms with E-state index in [0.717, 1.165) is 25.6 Å². The molecule has 1 atom stereocenters. The van der Waals surface area contributed by atoms with E-state index in [9.17, 15) is 0 Å². The van der Waals surface area contributed by atoms with Crippen LogP contribution in [0.5, 0.6) is 0 Å². The van der Waals surface area contributed by atoms with Crippen LogP contribution < -0.4 is 5.32 Å². The lowest BCUT2D eigenvalue weighted by molar-refractivity contribution is 0.0552. The van der Waals surface area contributed by atoms with Crippen LogP contribution in [0.2, 0.25) is 0 Å². The van der Waals surface area contributed by atoms with Gasteiger partial charge in [-0.05, 0) is 46.1 Å². The Bertz CT molecular complexity index is 214. The third-order valence-electron chi connectivity index (χ3n) is 3.79. The van der Waals surface area contributed by atoms with Crippen molar-refractivity contribution in [3.05, 3.63) is 0 Å². The molecule has 0 aromatic rings. The number of nitrogens with one attached hydrogen (secondary N) is 1. The maximum Gasteiger partial charge on any atom is 0.0446 e. The first-order valence-corrected chi connectivity index (χ1v) is 6.25. The second kappa shape index (κ2) is 4.40. The van der Waals surface area contributed by atoms with Gasteiger partial charge in [0.1, 0.15) is 0 Å². The monoisotopic (exact) mass is 212 g/mol. The minimum absolute atomic E-state index is 0.296. The lowest BCUT2D eigenvalue weighted by Crippen LogP contribution is -2.52. The Morgan fingerprint density at radius 3 is 2.73 bits per heavy atom. The van der Waals surface area contributed by atoms with E-state index >= 15 is 0 Å². The number of aliphatic hydroxyl groups is 1. The summed E-state index contributed by atoms with van der Waals surface area (Å²) < 4.78 is 0. The molecule has 1 aliphatic heterocycles. The molecule has 15 heavy (non-hydrogen) atoms. The first-order chi connectivity index (χ1) is 7.15. The zero-order valence-electron chi connectivity index (χ0n) is 10.00. The summed E-state index contributed by atoms with van der Waals surface area (Å²) in [5.41, 5.74) is 0.296. The molecule has 1 unspecified atom stereocenters. The molecule has 2 fully saturated rings. The van der Waals surface area contributed by atoms with Crippen LogP contribution in [0.15, 0.2) is 0 Å². The van der Waals surface area contributed by atoms with E-state index in [4.69, 9.17) is 5.11 Å². The molecule has 1 saturated carbocycles. The second-order valence-electron chi connectivity index (χ2n) is 5.57. The molecule has 0 aromatic carbocycles. The fourth-order valence-electron chi connectivity index (χ4n) is 2.92. The molecule has 3 heteroatoms. The van der Waals surface area contributed by atoms with Gasteiger partial charge >= 0.3 is 0 Å². The summed E-state index contributed by atoms with van der Waals surface area (Å²) in [5.74, 6) is 0. The Hall–Kier alpha value is -0.120. The van der Waals surface area contributed by atoms with E-state index < -0.39 is 0 Å². The van der Waals surface area contributed by atoms with Gasteiger partial charge in [0.25, 0.3) is 0 Å². The fourth-order valence-corrected chi connectivity index (χ4v) is 2.92. The van der Waals surface area contributed by atoms with Crippen LogP contribution in [0.1, 0.15) is 39.5 Å². The lowest BCUT2D eigenvalue weighted by atomic mass is 9.96. The third kappa shape index (κ3) is 2.52. The van der Waals surface area contributed by atoms with Crippen molar-refractivity contribution in [1.82, 2.24) is 10.2 Å². The predicted molar refractivity (Wildman–Crippen MR) is 61.9 cm³/mol. The molecule has 3 nitrogen and oxygen atoms in total. The van der Waals surface area contributed by atoms with Crippen molar-refractivity contribution < 1.29 is 5.11 Å². The maximum atomic E-state index is 9.15. The molecule has 0 radical (unpaired) electrons. The minimum Gasteiger partial charge on any atom is -0.396 e. The van der Waals surface area contributed by atoms with E-state index in [1.54, 1.807) is 0 Å². The van der Waals surface area contributed by atoms with Crippen LogP contribution in [0.4, 0.5) is 0 Å². The average molecular weight is 212 g/mol. The summed E-state index contributed by atoms with van der Waals surface area (Å²) in [6.45, 7) is 7.16. The highest BCUT2D eigenvalue weighted by Gasteiger charge is 2.42. The summed E-state index contributed by atoms with van der Waals surface area (Å²) in [6.07, 6.45) is 4.83. The standard InChI is InChI=1S/C12H24N2O/c1-12(2)6-7-13-9-11(5-8-15)14(12)10-3-4-10/h10-11,13,15H,3-9H2,1-2H3. The van der Waals surface area contributed by atoms with Gasteiger partial charge in [0.2, 0.25) is 0 Å². The first kappa shape index (κ1) is 11.4. The summed E-state index contributed by atoms with van der Waals surface area (Å²) in [7, 11) is 0. The van der Waals surface area contributed by atoms with Crippen LogP contribution in [0, 0.1) is 0 Å². The van der Waals surface area contributed by atoms with Crippen LogP contribution >= 0.6 is 0 Å². The molecule has 1 aliphatic carbocycles. The molecule has 2 rings (SSSR count). The zero-order chi connectivity index (χ0) is 10.9. The Labute approximate surface area is 92.8 Å². The largest absolute Gasteiger partial charge is 0.396 e. The van der Waals surface area contributed by atoms with Crippen molar-refractivity contribution in [2.24, 2.45) is 0 Å². The van der Waals surface area contributed by atoms with E-state index in [1.165, 1.54) is 19.3 Å². The third-order valence-corrected chi connectivity index (χ3v) is 3.79. The van der Waals surface area contributed by atoms with Crippen molar-refractivity contribution >= 4 is 0 Å². The number of nitrogens with zero attached hydrogens (tertiary/aromatic N) is 1. The Morgan fingerprint density at radius 2 is 2.13 bits per heavy atom. The number of rotatable bonds is 3. The van der Waals surface area contributed by atoms with Crippen molar-refractivity contribution in [2.75, 3.05) is 19.7 Å². The van der Waals surface area contributed by atoms with Crippen molar-refractivity contribution in [3.8, 4) is 0 Å². The molecule has 0 amide bonds. The van der Waals surface area contributed by atoms with Crippen LogP contribution in [0.3, 0.4) is 0 Å². The molecule has 0 bridgehead atoms. The van der Waals surface area contributed by atoms with E-state index in [2.05, 4.69) is 24.1 Å². The minimum atomic E-state index is 0.296. The highest BCUT2D eigenvalue weighted by atomic mass is 16.3. The highest BCUT2D eigenvalue weighted by Crippen LogP contribution is 2.37. The molecule has 1 heterocycles. The topological polar surface area (TPSA) is 35.5 Å². The van der Waals surface area contributed by atoms with E-state index in [0.29, 0.717) is 18.2 Å². The van der Waals surface area contributed by atoms with Crippen LogP contribution in [-0.4, -0.2) is 47.3 Å². The normalized spacial score (nSPS) is 32.6. The van der Waals surface area contributed by atoms with Gasteiger partial charge in [-0.15, -0.1) is 0 Å². The fraction of sp³-hybridized carbons (Fsp3) is 1.00. The van der Waals surface area contributed by atoms with Gasteiger partial charge in [0.05, 0.1) is 0 Å². The number of hydrogen-bond donors (Lipinski definition) is 2. The van der Waals surface area contributed by atoms with Crippen molar-refractivity contribution in [2.45, 2.75) is 57.2 Å². The van der Waals surface area contributed by atoms with Crippen molar-refractivity contribution in [3.63, 3.8) is 0 Å². The Balaban J connectivity index is 2.11. The number of hydrogen-bond acceptors (Lipinski definition) is 3. The van der Waals surface area contributed by atoms with E-state index in [1.807, 2.05) is 0 Å². The average Bonchev–Trinajstić information content (AvgIpc) is 2.95. The highest BCUT2D eigenvalue weighted by molar-refractivity contribution is 4.99. The Morgan fingerprint density at radius 1 is 1.40 bits per heavy atom.